The summed E-state index contributed by atoms with van der Waals surface area (Å²) in [7, 11) is 0. The lowest BCUT2D eigenvalue weighted by molar-refractivity contribution is 0.266. The van der Waals surface area contributed by atoms with E-state index in [1.165, 1.54) is 5.56 Å². The first-order valence-corrected chi connectivity index (χ1v) is 4.92. The predicted molar refractivity (Wildman–Crippen MR) is 54.8 cm³/mol. The van der Waals surface area contributed by atoms with Crippen molar-refractivity contribution in [2.24, 2.45) is 5.92 Å². The molecule has 0 aliphatic rings. The van der Waals surface area contributed by atoms with Crippen molar-refractivity contribution in [3.63, 3.8) is 0 Å². The van der Waals surface area contributed by atoms with Gasteiger partial charge in [0.25, 0.3) is 0 Å². The molecule has 1 atom stereocenters. The molecule has 0 N–H and O–H groups in total. The molecular formula is C12H16F2. The highest BCUT2D eigenvalue weighted by molar-refractivity contribution is 5.24. The first-order chi connectivity index (χ1) is 6.63. The van der Waals surface area contributed by atoms with Crippen LogP contribution in [-0.2, 0) is 6.42 Å². The van der Waals surface area contributed by atoms with Crippen LogP contribution in [0, 0.1) is 5.92 Å². The minimum atomic E-state index is -1.47. The molecular weight excluding hydrogens is 182 g/mol. The molecule has 1 rings (SSSR count). The van der Waals surface area contributed by atoms with Crippen molar-refractivity contribution in [3.8, 4) is 0 Å². The summed E-state index contributed by atoms with van der Waals surface area (Å²) in [5.74, 6) is 0.586. The lowest BCUT2D eigenvalue weighted by Gasteiger charge is -2.07. The van der Waals surface area contributed by atoms with E-state index in [-0.39, 0.29) is 0 Å². The van der Waals surface area contributed by atoms with Gasteiger partial charge in [0.15, 0.2) is 6.17 Å². The number of benzene rings is 1. The molecule has 0 aromatic heterocycles. The zero-order chi connectivity index (χ0) is 10.6. The van der Waals surface area contributed by atoms with Crippen molar-refractivity contribution >= 4 is 0 Å². The third-order valence-corrected chi connectivity index (χ3v) is 2.12. The van der Waals surface area contributed by atoms with E-state index < -0.39 is 12.8 Å². The maximum atomic E-state index is 12.9. The normalized spacial score (nSPS) is 13.2. The predicted octanol–water partition coefficient (Wildman–Crippen LogP) is 3.87. The minimum Gasteiger partial charge on any atom is -0.248 e. The summed E-state index contributed by atoms with van der Waals surface area (Å²) < 4.78 is 24.9. The number of hydrogen-bond donors (Lipinski definition) is 0. The van der Waals surface area contributed by atoms with Gasteiger partial charge in [0.1, 0.15) is 6.67 Å². The van der Waals surface area contributed by atoms with Gasteiger partial charge in [-0.1, -0.05) is 38.1 Å². The highest BCUT2D eigenvalue weighted by Crippen LogP contribution is 2.19. The largest absolute Gasteiger partial charge is 0.248 e. The molecule has 0 amide bonds. The lowest BCUT2D eigenvalue weighted by atomic mass is 10.0. The SMILES string of the molecule is CC(C)Cc1ccc(C(F)CF)cc1. The topological polar surface area (TPSA) is 0 Å². The molecule has 0 bridgehead atoms. The van der Waals surface area contributed by atoms with Gasteiger partial charge in [-0.3, -0.25) is 0 Å². The Hall–Kier alpha value is -0.920. The molecule has 0 aliphatic carbocycles. The third-order valence-electron chi connectivity index (χ3n) is 2.12. The van der Waals surface area contributed by atoms with Crippen molar-refractivity contribution in [2.75, 3.05) is 6.67 Å². The summed E-state index contributed by atoms with van der Waals surface area (Å²) in [5.41, 5.74) is 1.61. The Morgan fingerprint density at radius 2 is 1.71 bits per heavy atom. The highest BCUT2D eigenvalue weighted by Gasteiger charge is 2.08. The summed E-state index contributed by atoms with van der Waals surface area (Å²) in [6, 6.07) is 7.08. The molecule has 14 heavy (non-hydrogen) atoms. The Balaban J connectivity index is 2.68. The fourth-order valence-electron chi connectivity index (χ4n) is 1.42. The number of alkyl halides is 2. The van der Waals surface area contributed by atoms with Gasteiger partial charge in [0.2, 0.25) is 0 Å². The molecule has 0 fully saturated rings. The van der Waals surface area contributed by atoms with Crippen molar-refractivity contribution in [2.45, 2.75) is 26.4 Å². The van der Waals surface area contributed by atoms with Crippen LogP contribution in [0.2, 0.25) is 0 Å². The summed E-state index contributed by atoms with van der Waals surface area (Å²) >= 11 is 0. The maximum Gasteiger partial charge on any atom is 0.153 e. The second kappa shape index (κ2) is 5.08. The van der Waals surface area contributed by atoms with Crippen molar-refractivity contribution in [3.05, 3.63) is 35.4 Å². The summed E-state index contributed by atoms with van der Waals surface area (Å²) in [6.45, 7) is 3.32. The van der Waals surface area contributed by atoms with Crippen molar-refractivity contribution in [1.29, 1.82) is 0 Å². The van der Waals surface area contributed by atoms with E-state index in [9.17, 15) is 8.78 Å². The fraction of sp³-hybridized carbons (Fsp3) is 0.500. The molecule has 78 valence electrons. The van der Waals surface area contributed by atoms with E-state index in [1.54, 1.807) is 12.1 Å². The van der Waals surface area contributed by atoms with Gasteiger partial charge in [-0.2, -0.15) is 0 Å². The summed E-state index contributed by atoms with van der Waals surface area (Å²) in [4.78, 5) is 0. The second-order valence-electron chi connectivity index (χ2n) is 3.96. The molecule has 1 aromatic rings. The molecule has 1 unspecified atom stereocenters. The van der Waals surface area contributed by atoms with E-state index in [2.05, 4.69) is 13.8 Å². The quantitative estimate of drug-likeness (QED) is 0.689. The molecule has 1 aromatic carbocycles. The zero-order valence-corrected chi connectivity index (χ0v) is 8.63. The van der Waals surface area contributed by atoms with Crippen LogP contribution in [0.25, 0.3) is 0 Å². The monoisotopic (exact) mass is 198 g/mol. The molecule has 0 saturated heterocycles. The van der Waals surface area contributed by atoms with Gasteiger partial charge in [0, 0.05) is 0 Å². The second-order valence-corrected chi connectivity index (χ2v) is 3.96. The van der Waals surface area contributed by atoms with Gasteiger partial charge in [0.05, 0.1) is 0 Å². The first-order valence-electron chi connectivity index (χ1n) is 4.92. The fourth-order valence-corrected chi connectivity index (χ4v) is 1.42. The number of hydrogen-bond acceptors (Lipinski definition) is 0. The lowest BCUT2D eigenvalue weighted by Crippen LogP contribution is -1.96. The minimum absolute atomic E-state index is 0.431. The van der Waals surface area contributed by atoms with E-state index in [0.717, 1.165) is 6.42 Å². The molecule has 0 heterocycles. The molecule has 0 radical (unpaired) electrons. The number of rotatable bonds is 4. The van der Waals surface area contributed by atoms with E-state index >= 15 is 0 Å². The van der Waals surface area contributed by atoms with E-state index in [0.29, 0.717) is 11.5 Å². The van der Waals surface area contributed by atoms with Gasteiger partial charge in [-0.25, -0.2) is 8.78 Å². The average molecular weight is 198 g/mol. The highest BCUT2D eigenvalue weighted by atomic mass is 19.2. The van der Waals surface area contributed by atoms with Crippen LogP contribution in [0.3, 0.4) is 0 Å². The Labute approximate surface area is 84.0 Å². The maximum absolute atomic E-state index is 12.9. The average Bonchev–Trinajstić information content (AvgIpc) is 2.17. The first kappa shape index (κ1) is 11.2. The van der Waals surface area contributed by atoms with Crippen LogP contribution in [0.1, 0.15) is 31.1 Å². The van der Waals surface area contributed by atoms with Gasteiger partial charge >= 0.3 is 0 Å². The molecule has 0 nitrogen and oxygen atoms in total. The Kier molecular flexibility index (Phi) is 4.05. The van der Waals surface area contributed by atoms with E-state index in [1.807, 2.05) is 12.1 Å². The van der Waals surface area contributed by atoms with Crippen LogP contribution in [0.5, 0.6) is 0 Å². The Morgan fingerprint density at radius 3 is 2.14 bits per heavy atom. The van der Waals surface area contributed by atoms with Crippen molar-refractivity contribution in [1.82, 2.24) is 0 Å². The smallest absolute Gasteiger partial charge is 0.153 e. The Morgan fingerprint density at radius 1 is 1.14 bits per heavy atom. The van der Waals surface area contributed by atoms with Gasteiger partial charge in [-0.15, -0.1) is 0 Å². The van der Waals surface area contributed by atoms with Crippen LogP contribution in [-0.4, -0.2) is 6.67 Å². The molecule has 0 spiro atoms. The van der Waals surface area contributed by atoms with Crippen LogP contribution in [0.15, 0.2) is 24.3 Å². The van der Waals surface area contributed by atoms with Gasteiger partial charge in [-0.05, 0) is 23.5 Å². The summed E-state index contributed by atoms with van der Waals surface area (Å²) in [6.07, 6.45) is -0.490. The summed E-state index contributed by atoms with van der Waals surface area (Å²) in [5, 5.41) is 0. The molecule has 0 saturated carbocycles. The van der Waals surface area contributed by atoms with Crippen molar-refractivity contribution < 1.29 is 8.78 Å². The number of halogens is 2. The van der Waals surface area contributed by atoms with Crippen LogP contribution >= 0.6 is 0 Å². The van der Waals surface area contributed by atoms with Crippen LogP contribution in [0.4, 0.5) is 8.78 Å². The molecule has 0 aliphatic heterocycles. The van der Waals surface area contributed by atoms with E-state index in [4.69, 9.17) is 0 Å². The zero-order valence-electron chi connectivity index (χ0n) is 8.63. The van der Waals surface area contributed by atoms with Crippen LogP contribution < -0.4 is 0 Å². The Bertz CT molecular complexity index is 264. The third kappa shape index (κ3) is 3.09. The van der Waals surface area contributed by atoms with Gasteiger partial charge < -0.3 is 0 Å². The standard InChI is InChI=1S/C12H16F2/c1-9(2)7-10-3-5-11(6-4-10)12(14)8-13/h3-6,9,12H,7-8H2,1-2H3. The molecule has 2 heteroatoms.